The Bertz CT molecular complexity index is 453. The van der Waals surface area contributed by atoms with E-state index in [1.54, 1.807) is 11.3 Å². The number of nitrogens with zero attached hydrogens (tertiary/aromatic N) is 2. The highest BCUT2D eigenvalue weighted by molar-refractivity contribution is 7.07. The van der Waals surface area contributed by atoms with Gasteiger partial charge < -0.3 is 10.6 Å². The summed E-state index contributed by atoms with van der Waals surface area (Å²) in [4.78, 5) is 8.50. The van der Waals surface area contributed by atoms with E-state index in [2.05, 4.69) is 37.4 Å². The van der Waals surface area contributed by atoms with E-state index < -0.39 is 0 Å². The lowest BCUT2D eigenvalue weighted by Gasteiger charge is -2.08. The highest BCUT2D eigenvalue weighted by atomic mass is 32.1. The van der Waals surface area contributed by atoms with E-state index in [-0.39, 0.29) is 0 Å². The maximum atomic E-state index is 4.36. The van der Waals surface area contributed by atoms with Crippen LogP contribution in [0.3, 0.4) is 0 Å². The van der Waals surface area contributed by atoms with Gasteiger partial charge in [0.2, 0.25) is 5.95 Å². The van der Waals surface area contributed by atoms with Crippen LogP contribution in [0.2, 0.25) is 0 Å². The van der Waals surface area contributed by atoms with Crippen LogP contribution in [-0.4, -0.2) is 17.0 Å². The molecule has 2 rings (SSSR count). The summed E-state index contributed by atoms with van der Waals surface area (Å²) >= 11 is 1.70. The van der Waals surface area contributed by atoms with Gasteiger partial charge in [0.1, 0.15) is 5.82 Å². The fourth-order valence-electron chi connectivity index (χ4n) is 1.32. The third-order valence-electron chi connectivity index (χ3n) is 2.24. The summed E-state index contributed by atoms with van der Waals surface area (Å²) in [6.07, 6.45) is 1.81. The predicted molar refractivity (Wildman–Crippen MR) is 68.0 cm³/mol. The molecule has 2 heterocycles. The fraction of sp³-hybridized carbons (Fsp3) is 0.273. The summed E-state index contributed by atoms with van der Waals surface area (Å²) < 4.78 is 0. The largest absolute Gasteiger partial charge is 0.366 e. The molecule has 16 heavy (non-hydrogen) atoms. The highest BCUT2D eigenvalue weighted by Crippen LogP contribution is 2.14. The molecular formula is C11H14N4S. The second kappa shape index (κ2) is 4.94. The molecule has 4 nitrogen and oxygen atoms in total. The van der Waals surface area contributed by atoms with Crippen LogP contribution in [-0.2, 0) is 6.54 Å². The Morgan fingerprint density at radius 2 is 2.31 bits per heavy atom. The first-order chi connectivity index (χ1) is 7.79. The van der Waals surface area contributed by atoms with Crippen LogP contribution >= 0.6 is 11.3 Å². The zero-order valence-corrected chi connectivity index (χ0v) is 10.1. The van der Waals surface area contributed by atoms with Gasteiger partial charge in [-0.3, -0.25) is 0 Å². The summed E-state index contributed by atoms with van der Waals surface area (Å²) in [5.74, 6) is 1.52. The van der Waals surface area contributed by atoms with Crippen molar-refractivity contribution in [3.05, 3.63) is 34.2 Å². The number of nitrogens with one attached hydrogen (secondary N) is 2. The molecule has 2 N–H and O–H groups in total. The van der Waals surface area contributed by atoms with Crippen molar-refractivity contribution in [2.24, 2.45) is 0 Å². The van der Waals surface area contributed by atoms with Crippen molar-refractivity contribution in [3.8, 4) is 0 Å². The topological polar surface area (TPSA) is 49.8 Å². The number of hydrogen-bond acceptors (Lipinski definition) is 5. The number of anilines is 2. The lowest BCUT2D eigenvalue weighted by molar-refractivity contribution is 1.06. The molecule has 0 radical (unpaired) electrons. The lowest BCUT2D eigenvalue weighted by Crippen LogP contribution is -2.05. The van der Waals surface area contributed by atoms with E-state index in [0.717, 1.165) is 17.9 Å². The van der Waals surface area contributed by atoms with Crippen molar-refractivity contribution in [1.82, 2.24) is 9.97 Å². The van der Waals surface area contributed by atoms with Crippen molar-refractivity contribution in [3.63, 3.8) is 0 Å². The van der Waals surface area contributed by atoms with E-state index in [4.69, 9.17) is 0 Å². The van der Waals surface area contributed by atoms with Crippen molar-refractivity contribution in [2.45, 2.75) is 13.5 Å². The average Bonchev–Trinajstić information content (AvgIpc) is 2.81. The fourth-order valence-corrected chi connectivity index (χ4v) is 1.99. The minimum absolute atomic E-state index is 0.637. The minimum Gasteiger partial charge on any atom is -0.366 e. The van der Waals surface area contributed by atoms with Gasteiger partial charge in [-0.1, -0.05) is 0 Å². The van der Waals surface area contributed by atoms with Crippen molar-refractivity contribution < 1.29 is 0 Å². The third kappa shape index (κ3) is 2.49. The number of rotatable bonds is 4. The molecule has 0 unspecified atom stereocenters. The maximum Gasteiger partial charge on any atom is 0.224 e. The second-order valence-electron chi connectivity index (χ2n) is 3.46. The lowest BCUT2D eigenvalue weighted by atomic mass is 10.3. The van der Waals surface area contributed by atoms with Gasteiger partial charge in [0.05, 0.1) is 0 Å². The standard InChI is InChI=1S/C11H14N4S/c1-8-5-14-11(12-2)15-10(8)13-6-9-3-4-16-7-9/h3-5,7H,6H2,1-2H3,(H2,12,13,14,15). The molecule has 0 aromatic carbocycles. The molecular weight excluding hydrogens is 220 g/mol. The van der Waals surface area contributed by atoms with Gasteiger partial charge in [0.25, 0.3) is 0 Å². The molecule has 0 atom stereocenters. The van der Waals surface area contributed by atoms with Gasteiger partial charge in [0, 0.05) is 25.4 Å². The molecule has 0 amide bonds. The van der Waals surface area contributed by atoms with Gasteiger partial charge in [-0.25, -0.2) is 4.98 Å². The predicted octanol–water partition coefficient (Wildman–Crippen LogP) is 2.50. The normalized spacial score (nSPS) is 10.1. The van der Waals surface area contributed by atoms with Crippen LogP contribution < -0.4 is 10.6 Å². The highest BCUT2D eigenvalue weighted by Gasteiger charge is 2.02. The number of aryl methyl sites for hydroxylation is 1. The maximum absolute atomic E-state index is 4.36. The SMILES string of the molecule is CNc1ncc(C)c(NCc2ccsc2)n1. The molecule has 5 heteroatoms. The van der Waals surface area contributed by atoms with Gasteiger partial charge in [-0.15, -0.1) is 0 Å². The first-order valence-electron chi connectivity index (χ1n) is 5.06. The van der Waals surface area contributed by atoms with Crippen LogP contribution in [0.25, 0.3) is 0 Å². The Morgan fingerprint density at radius 3 is 3.00 bits per heavy atom. The van der Waals surface area contributed by atoms with Crippen molar-refractivity contribution >= 4 is 23.1 Å². The van der Waals surface area contributed by atoms with Crippen molar-refractivity contribution in [2.75, 3.05) is 17.7 Å². The Hall–Kier alpha value is -1.62. The molecule has 84 valence electrons. The van der Waals surface area contributed by atoms with Crippen LogP contribution in [0.4, 0.5) is 11.8 Å². The van der Waals surface area contributed by atoms with E-state index in [0.29, 0.717) is 5.95 Å². The molecule has 0 spiro atoms. The van der Waals surface area contributed by atoms with Crippen LogP contribution in [0.1, 0.15) is 11.1 Å². The first-order valence-corrected chi connectivity index (χ1v) is 6.00. The summed E-state index contributed by atoms with van der Waals surface area (Å²) in [5, 5.41) is 10.4. The van der Waals surface area contributed by atoms with E-state index in [1.807, 2.05) is 20.2 Å². The quantitative estimate of drug-likeness (QED) is 0.853. The Morgan fingerprint density at radius 1 is 1.44 bits per heavy atom. The molecule has 0 aliphatic heterocycles. The Kier molecular flexibility index (Phi) is 3.36. The molecule has 0 bridgehead atoms. The summed E-state index contributed by atoms with van der Waals surface area (Å²) in [6.45, 7) is 2.79. The van der Waals surface area contributed by atoms with Crippen molar-refractivity contribution in [1.29, 1.82) is 0 Å². The summed E-state index contributed by atoms with van der Waals surface area (Å²) in [7, 11) is 1.81. The first kappa shape index (κ1) is 10.9. The Labute approximate surface area is 98.8 Å². The average molecular weight is 234 g/mol. The zero-order valence-electron chi connectivity index (χ0n) is 9.32. The number of aromatic nitrogens is 2. The molecule has 0 aliphatic carbocycles. The van der Waals surface area contributed by atoms with Crippen LogP contribution in [0.5, 0.6) is 0 Å². The summed E-state index contributed by atoms with van der Waals surface area (Å²) in [5.41, 5.74) is 2.32. The molecule has 2 aromatic heterocycles. The molecule has 2 aromatic rings. The van der Waals surface area contributed by atoms with Gasteiger partial charge >= 0.3 is 0 Å². The monoisotopic (exact) mass is 234 g/mol. The number of thiophene rings is 1. The second-order valence-corrected chi connectivity index (χ2v) is 4.24. The van der Waals surface area contributed by atoms with Crippen LogP contribution in [0, 0.1) is 6.92 Å². The van der Waals surface area contributed by atoms with E-state index >= 15 is 0 Å². The molecule has 0 saturated heterocycles. The smallest absolute Gasteiger partial charge is 0.224 e. The minimum atomic E-state index is 0.637. The molecule has 0 saturated carbocycles. The Balaban J connectivity index is 2.08. The summed E-state index contributed by atoms with van der Waals surface area (Å²) in [6, 6.07) is 2.10. The van der Waals surface area contributed by atoms with Gasteiger partial charge in [-0.2, -0.15) is 16.3 Å². The zero-order chi connectivity index (χ0) is 11.4. The van der Waals surface area contributed by atoms with E-state index in [9.17, 15) is 0 Å². The third-order valence-corrected chi connectivity index (χ3v) is 2.97. The molecule has 0 aliphatic rings. The van der Waals surface area contributed by atoms with Gasteiger partial charge in [-0.05, 0) is 29.3 Å². The van der Waals surface area contributed by atoms with E-state index in [1.165, 1.54) is 5.56 Å². The van der Waals surface area contributed by atoms with Crippen LogP contribution in [0.15, 0.2) is 23.0 Å². The van der Waals surface area contributed by atoms with Gasteiger partial charge in [0.15, 0.2) is 0 Å². The molecule has 0 fully saturated rings. The number of hydrogen-bond donors (Lipinski definition) is 2.